The average molecular weight is 293 g/mol. The molecule has 0 radical (unpaired) electrons. The van der Waals surface area contributed by atoms with Gasteiger partial charge < -0.3 is 5.73 Å². The Kier molecular flexibility index (Phi) is 3.64. The SMILES string of the molecule is CC1C(N)CCN1S(=O)(=O)c1cc(F)ccc1Cl. The highest BCUT2D eigenvalue weighted by molar-refractivity contribution is 7.89. The van der Waals surface area contributed by atoms with E-state index in [-0.39, 0.29) is 22.0 Å². The van der Waals surface area contributed by atoms with E-state index in [1.165, 1.54) is 10.4 Å². The van der Waals surface area contributed by atoms with E-state index >= 15 is 0 Å². The summed E-state index contributed by atoms with van der Waals surface area (Å²) in [6, 6.07) is 2.79. The van der Waals surface area contributed by atoms with Crippen LogP contribution in [0.4, 0.5) is 4.39 Å². The second kappa shape index (κ2) is 4.77. The zero-order chi connectivity index (χ0) is 13.5. The van der Waals surface area contributed by atoms with Gasteiger partial charge in [0, 0.05) is 18.6 Å². The Morgan fingerprint density at radius 1 is 1.50 bits per heavy atom. The molecule has 100 valence electrons. The van der Waals surface area contributed by atoms with E-state index in [4.69, 9.17) is 17.3 Å². The average Bonchev–Trinajstić information content (AvgIpc) is 2.63. The lowest BCUT2D eigenvalue weighted by molar-refractivity contribution is 0.393. The van der Waals surface area contributed by atoms with Crippen molar-refractivity contribution in [3.05, 3.63) is 29.0 Å². The van der Waals surface area contributed by atoms with Gasteiger partial charge in [0.2, 0.25) is 10.0 Å². The van der Waals surface area contributed by atoms with Crippen molar-refractivity contribution in [3.63, 3.8) is 0 Å². The molecule has 2 N–H and O–H groups in total. The maximum Gasteiger partial charge on any atom is 0.244 e. The molecule has 1 aromatic rings. The van der Waals surface area contributed by atoms with Crippen LogP contribution in [0, 0.1) is 5.82 Å². The van der Waals surface area contributed by atoms with Crippen molar-refractivity contribution in [1.29, 1.82) is 0 Å². The highest BCUT2D eigenvalue weighted by Crippen LogP contribution is 2.30. The molecule has 2 rings (SSSR count). The van der Waals surface area contributed by atoms with E-state index in [0.717, 1.165) is 12.1 Å². The Bertz CT molecular complexity index is 564. The smallest absolute Gasteiger partial charge is 0.244 e. The summed E-state index contributed by atoms with van der Waals surface area (Å²) in [5, 5.41) is 0.0177. The van der Waals surface area contributed by atoms with Gasteiger partial charge in [-0.2, -0.15) is 4.31 Å². The van der Waals surface area contributed by atoms with E-state index in [9.17, 15) is 12.8 Å². The first-order valence-corrected chi connectivity index (χ1v) is 7.38. The second-order valence-corrected chi connectivity index (χ2v) is 6.65. The van der Waals surface area contributed by atoms with Crippen LogP contribution >= 0.6 is 11.6 Å². The molecule has 18 heavy (non-hydrogen) atoms. The summed E-state index contributed by atoms with van der Waals surface area (Å²) < 4.78 is 39.2. The first-order chi connectivity index (χ1) is 8.34. The molecule has 0 aliphatic carbocycles. The van der Waals surface area contributed by atoms with E-state index in [1.54, 1.807) is 6.92 Å². The molecule has 0 bridgehead atoms. The summed E-state index contributed by atoms with van der Waals surface area (Å²) in [7, 11) is -3.79. The lowest BCUT2D eigenvalue weighted by Crippen LogP contribution is -2.40. The van der Waals surface area contributed by atoms with Gasteiger partial charge in [0.15, 0.2) is 0 Å². The zero-order valence-electron chi connectivity index (χ0n) is 9.81. The van der Waals surface area contributed by atoms with Crippen molar-refractivity contribution >= 4 is 21.6 Å². The van der Waals surface area contributed by atoms with Crippen molar-refractivity contribution in [2.45, 2.75) is 30.3 Å². The normalized spacial score (nSPS) is 25.6. The second-order valence-electron chi connectivity index (χ2n) is 4.38. The van der Waals surface area contributed by atoms with Crippen LogP contribution in [0.1, 0.15) is 13.3 Å². The minimum absolute atomic E-state index is 0.0177. The number of hydrogen-bond acceptors (Lipinski definition) is 3. The first-order valence-electron chi connectivity index (χ1n) is 5.56. The third kappa shape index (κ3) is 2.25. The van der Waals surface area contributed by atoms with Gasteiger partial charge in [-0.3, -0.25) is 0 Å². The Morgan fingerprint density at radius 3 is 2.72 bits per heavy atom. The van der Waals surface area contributed by atoms with Crippen LogP contribution in [-0.4, -0.2) is 31.4 Å². The van der Waals surface area contributed by atoms with Gasteiger partial charge in [-0.1, -0.05) is 11.6 Å². The predicted molar refractivity (Wildman–Crippen MR) is 67.4 cm³/mol. The first kappa shape index (κ1) is 13.7. The van der Waals surface area contributed by atoms with Crippen LogP contribution < -0.4 is 5.73 Å². The molecule has 0 amide bonds. The Labute approximate surface area is 111 Å². The summed E-state index contributed by atoms with van der Waals surface area (Å²) >= 11 is 5.84. The molecule has 0 spiro atoms. The number of sulfonamides is 1. The van der Waals surface area contributed by atoms with Crippen molar-refractivity contribution in [1.82, 2.24) is 4.31 Å². The largest absolute Gasteiger partial charge is 0.326 e. The van der Waals surface area contributed by atoms with Gasteiger partial charge in [0.25, 0.3) is 0 Å². The summed E-state index contributed by atoms with van der Waals surface area (Å²) in [5.74, 6) is -0.630. The minimum Gasteiger partial charge on any atom is -0.326 e. The van der Waals surface area contributed by atoms with Gasteiger partial charge in [0.05, 0.1) is 5.02 Å². The molecule has 7 heteroatoms. The molecular weight excluding hydrogens is 279 g/mol. The molecule has 1 aromatic carbocycles. The molecule has 1 fully saturated rings. The summed E-state index contributed by atoms with van der Waals surface area (Å²) in [6.45, 7) is 2.07. The van der Waals surface area contributed by atoms with Gasteiger partial charge >= 0.3 is 0 Å². The van der Waals surface area contributed by atoms with Crippen LogP contribution in [-0.2, 0) is 10.0 Å². The molecule has 2 atom stereocenters. The molecule has 1 saturated heterocycles. The van der Waals surface area contributed by atoms with E-state index in [1.807, 2.05) is 0 Å². The number of halogens is 2. The van der Waals surface area contributed by atoms with Gasteiger partial charge in [-0.25, -0.2) is 12.8 Å². The number of benzene rings is 1. The van der Waals surface area contributed by atoms with Crippen molar-refractivity contribution < 1.29 is 12.8 Å². The van der Waals surface area contributed by atoms with Crippen LogP contribution in [0.25, 0.3) is 0 Å². The third-order valence-corrected chi connectivity index (χ3v) is 5.70. The molecule has 0 saturated carbocycles. The lowest BCUT2D eigenvalue weighted by Gasteiger charge is -2.23. The summed E-state index contributed by atoms with van der Waals surface area (Å²) in [6.07, 6.45) is 0.591. The number of hydrogen-bond donors (Lipinski definition) is 1. The monoisotopic (exact) mass is 292 g/mol. The Morgan fingerprint density at radius 2 is 2.17 bits per heavy atom. The van der Waals surface area contributed by atoms with Crippen LogP contribution in [0.15, 0.2) is 23.1 Å². The molecule has 1 heterocycles. The van der Waals surface area contributed by atoms with Crippen LogP contribution in [0.3, 0.4) is 0 Å². The molecule has 1 aliphatic heterocycles. The van der Waals surface area contributed by atoms with E-state index in [2.05, 4.69) is 0 Å². The van der Waals surface area contributed by atoms with Crippen LogP contribution in [0.2, 0.25) is 5.02 Å². The van der Waals surface area contributed by atoms with Gasteiger partial charge in [-0.05, 0) is 31.5 Å². The van der Waals surface area contributed by atoms with Crippen LogP contribution in [0.5, 0.6) is 0 Å². The third-order valence-electron chi connectivity index (χ3n) is 3.24. The fourth-order valence-electron chi connectivity index (χ4n) is 2.07. The quantitative estimate of drug-likeness (QED) is 0.900. The fraction of sp³-hybridized carbons (Fsp3) is 0.455. The standard InChI is InChI=1S/C11H14ClFN2O2S/c1-7-10(14)4-5-15(7)18(16,17)11-6-8(13)2-3-9(11)12/h2-3,6-7,10H,4-5,14H2,1H3. The highest BCUT2D eigenvalue weighted by atomic mass is 35.5. The molecular formula is C11H14ClFN2O2S. The lowest BCUT2D eigenvalue weighted by atomic mass is 10.2. The highest BCUT2D eigenvalue weighted by Gasteiger charge is 2.38. The van der Waals surface area contributed by atoms with E-state index < -0.39 is 15.8 Å². The molecule has 1 aliphatic rings. The maximum atomic E-state index is 13.2. The minimum atomic E-state index is -3.79. The fourth-order valence-corrected chi connectivity index (χ4v) is 4.25. The topological polar surface area (TPSA) is 63.4 Å². The van der Waals surface area contributed by atoms with Gasteiger partial charge in [0.1, 0.15) is 10.7 Å². The Balaban J connectivity index is 2.46. The molecule has 2 unspecified atom stereocenters. The predicted octanol–water partition coefficient (Wildman–Crippen LogP) is 1.59. The van der Waals surface area contributed by atoms with Gasteiger partial charge in [-0.15, -0.1) is 0 Å². The zero-order valence-corrected chi connectivity index (χ0v) is 11.4. The van der Waals surface area contributed by atoms with Crippen molar-refractivity contribution in [2.75, 3.05) is 6.54 Å². The van der Waals surface area contributed by atoms with E-state index in [0.29, 0.717) is 13.0 Å². The molecule has 4 nitrogen and oxygen atoms in total. The summed E-state index contributed by atoms with van der Waals surface area (Å²) in [4.78, 5) is -0.204. The number of nitrogens with zero attached hydrogens (tertiary/aromatic N) is 1. The van der Waals surface area contributed by atoms with Crippen molar-refractivity contribution in [2.24, 2.45) is 5.73 Å². The number of nitrogens with two attached hydrogens (primary N) is 1. The summed E-state index contributed by atoms with van der Waals surface area (Å²) in [5.41, 5.74) is 5.80. The molecule has 0 aromatic heterocycles. The number of rotatable bonds is 2. The maximum absolute atomic E-state index is 13.2. The Hall–Kier alpha value is -0.690. The van der Waals surface area contributed by atoms with Crippen molar-refractivity contribution in [3.8, 4) is 0 Å².